The number of nitrogens with zero attached hydrogens (tertiary/aromatic N) is 1. The van der Waals surface area contributed by atoms with Gasteiger partial charge in [0.2, 0.25) is 0 Å². The summed E-state index contributed by atoms with van der Waals surface area (Å²) >= 11 is 0. The zero-order valence-corrected chi connectivity index (χ0v) is 16.1. The average molecular weight is 395 g/mol. The predicted molar refractivity (Wildman–Crippen MR) is 107 cm³/mol. The Bertz CT molecular complexity index is 1080. The van der Waals surface area contributed by atoms with Crippen LogP contribution in [-0.2, 0) is 4.79 Å². The van der Waals surface area contributed by atoms with Crippen LogP contribution in [0.1, 0.15) is 49.7 Å². The minimum Gasteiger partial charge on any atom is -0.478 e. The molecule has 1 atom stereocenters. The molecule has 4 N–H and O–H groups in total. The second-order valence-corrected chi connectivity index (χ2v) is 7.43. The minimum atomic E-state index is -1.07. The number of aromatic carboxylic acids is 1. The molecule has 0 radical (unpaired) electrons. The number of carboxylic acid groups (broad SMARTS) is 1. The quantitative estimate of drug-likeness (QED) is 0.592. The monoisotopic (exact) mass is 395 g/mol. The first-order chi connectivity index (χ1) is 13.8. The number of fused-ring (bicyclic) bond motifs is 1. The van der Waals surface area contributed by atoms with Gasteiger partial charge in [0.25, 0.3) is 11.8 Å². The van der Waals surface area contributed by atoms with Crippen LogP contribution in [0.3, 0.4) is 0 Å². The van der Waals surface area contributed by atoms with Gasteiger partial charge >= 0.3 is 5.97 Å². The Balaban J connectivity index is 1.73. The van der Waals surface area contributed by atoms with Gasteiger partial charge in [0.15, 0.2) is 0 Å². The number of carboxylic acids is 1. The van der Waals surface area contributed by atoms with E-state index in [1.165, 1.54) is 12.1 Å². The summed E-state index contributed by atoms with van der Waals surface area (Å²) < 4.78 is 0. The van der Waals surface area contributed by atoms with Crippen molar-refractivity contribution in [2.45, 2.75) is 26.4 Å². The number of H-pyrrole nitrogens is 1. The van der Waals surface area contributed by atoms with Crippen molar-refractivity contribution in [3.8, 4) is 0 Å². The molecule has 0 bridgehead atoms. The summed E-state index contributed by atoms with van der Waals surface area (Å²) in [7, 11) is 0. The van der Waals surface area contributed by atoms with Crippen LogP contribution in [0.5, 0.6) is 0 Å². The Hall–Kier alpha value is -3.39. The Labute approximate surface area is 166 Å². The molecule has 1 saturated heterocycles. The molecule has 1 aromatic heterocycles. The van der Waals surface area contributed by atoms with Crippen LogP contribution in [0.25, 0.3) is 11.6 Å². The van der Waals surface area contributed by atoms with Gasteiger partial charge in [-0.25, -0.2) is 4.79 Å². The van der Waals surface area contributed by atoms with E-state index in [1.54, 1.807) is 30.9 Å². The van der Waals surface area contributed by atoms with Crippen LogP contribution in [-0.4, -0.2) is 57.1 Å². The van der Waals surface area contributed by atoms with Crippen LogP contribution in [0.2, 0.25) is 0 Å². The van der Waals surface area contributed by atoms with E-state index >= 15 is 0 Å². The van der Waals surface area contributed by atoms with Crippen molar-refractivity contribution >= 4 is 35.1 Å². The van der Waals surface area contributed by atoms with Crippen LogP contribution >= 0.6 is 0 Å². The summed E-state index contributed by atoms with van der Waals surface area (Å²) in [5, 5.41) is 21.7. The number of aliphatic hydroxyl groups excluding tert-OH is 1. The molecule has 8 heteroatoms. The Morgan fingerprint density at radius 2 is 2.03 bits per heavy atom. The zero-order valence-electron chi connectivity index (χ0n) is 16.1. The van der Waals surface area contributed by atoms with Gasteiger partial charge in [0.1, 0.15) is 0 Å². The number of aromatic nitrogens is 1. The fourth-order valence-electron chi connectivity index (χ4n) is 3.93. The first kappa shape index (κ1) is 18.9. The first-order valence-electron chi connectivity index (χ1n) is 9.33. The summed E-state index contributed by atoms with van der Waals surface area (Å²) in [4.78, 5) is 41.4. The molecule has 29 heavy (non-hydrogen) atoms. The molecule has 8 nitrogen and oxygen atoms in total. The molecule has 150 valence electrons. The predicted octanol–water partition coefficient (Wildman–Crippen LogP) is 2.03. The number of aromatic amines is 1. The molecule has 0 unspecified atom stereocenters. The highest BCUT2D eigenvalue weighted by molar-refractivity contribution is 6.35. The van der Waals surface area contributed by atoms with Gasteiger partial charge in [-0.15, -0.1) is 0 Å². The maximum absolute atomic E-state index is 12.9. The zero-order chi connectivity index (χ0) is 20.9. The molecule has 1 fully saturated rings. The normalized spacial score (nSPS) is 19.6. The van der Waals surface area contributed by atoms with E-state index in [0.29, 0.717) is 58.8 Å². The fraction of sp³-hybridized carbons (Fsp3) is 0.286. The minimum absolute atomic E-state index is 0.0917. The number of aliphatic hydroxyl groups is 1. The molecule has 2 aliphatic heterocycles. The molecule has 4 rings (SSSR count). The molecule has 2 aliphatic rings. The lowest BCUT2D eigenvalue weighted by Crippen LogP contribution is -2.30. The maximum atomic E-state index is 12.9. The van der Waals surface area contributed by atoms with Crippen LogP contribution < -0.4 is 5.32 Å². The number of hydrogen-bond acceptors (Lipinski definition) is 4. The Kier molecular flexibility index (Phi) is 4.50. The van der Waals surface area contributed by atoms with Crippen molar-refractivity contribution in [2.24, 2.45) is 0 Å². The molecule has 0 saturated carbocycles. The number of carbonyl (C=O) groups excluding carboxylic acids is 2. The molecule has 1 aromatic carbocycles. The maximum Gasteiger partial charge on any atom is 0.335 e. The van der Waals surface area contributed by atoms with E-state index < -0.39 is 12.1 Å². The smallest absolute Gasteiger partial charge is 0.335 e. The number of amides is 2. The molecule has 2 aromatic rings. The van der Waals surface area contributed by atoms with E-state index in [0.717, 1.165) is 0 Å². The van der Waals surface area contributed by atoms with Gasteiger partial charge < -0.3 is 25.4 Å². The van der Waals surface area contributed by atoms with Crippen molar-refractivity contribution in [1.82, 2.24) is 9.88 Å². The number of aryl methyl sites for hydroxylation is 1. The van der Waals surface area contributed by atoms with E-state index in [1.807, 2.05) is 0 Å². The van der Waals surface area contributed by atoms with E-state index in [2.05, 4.69) is 10.3 Å². The largest absolute Gasteiger partial charge is 0.478 e. The van der Waals surface area contributed by atoms with Gasteiger partial charge in [-0.2, -0.15) is 0 Å². The van der Waals surface area contributed by atoms with Crippen molar-refractivity contribution in [1.29, 1.82) is 0 Å². The Morgan fingerprint density at radius 1 is 1.28 bits per heavy atom. The lowest BCUT2D eigenvalue weighted by Gasteiger charge is -2.16. The van der Waals surface area contributed by atoms with Gasteiger partial charge in [0, 0.05) is 35.7 Å². The van der Waals surface area contributed by atoms with Crippen LogP contribution in [0.15, 0.2) is 18.2 Å². The SMILES string of the molecule is Cc1[nH]c(/C=C2\C(=O)Nc3ccc(C(=O)O)cc32)c(C)c1C(=O)N1CC[C@@H](O)C1. The lowest BCUT2D eigenvalue weighted by atomic mass is 10.0. The third-order valence-electron chi connectivity index (χ3n) is 5.48. The van der Waals surface area contributed by atoms with Gasteiger partial charge in [-0.1, -0.05) is 0 Å². The topological polar surface area (TPSA) is 123 Å². The fourth-order valence-corrected chi connectivity index (χ4v) is 3.93. The molecule has 0 aliphatic carbocycles. The third kappa shape index (κ3) is 3.21. The molecular weight excluding hydrogens is 374 g/mol. The summed E-state index contributed by atoms with van der Waals surface area (Å²) in [6.45, 7) is 4.41. The van der Waals surface area contributed by atoms with Crippen LogP contribution in [0.4, 0.5) is 5.69 Å². The summed E-state index contributed by atoms with van der Waals surface area (Å²) in [5.74, 6) is -1.55. The van der Waals surface area contributed by atoms with Crippen molar-refractivity contribution in [2.75, 3.05) is 18.4 Å². The second kappa shape index (κ2) is 6.89. The third-order valence-corrected chi connectivity index (χ3v) is 5.48. The van der Waals surface area contributed by atoms with E-state index in [-0.39, 0.29) is 17.4 Å². The number of carbonyl (C=O) groups is 3. The van der Waals surface area contributed by atoms with Gasteiger partial charge in [-0.3, -0.25) is 9.59 Å². The van der Waals surface area contributed by atoms with Crippen LogP contribution in [0, 0.1) is 13.8 Å². The number of rotatable bonds is 3. The first-order valence-corrected chi connectivity index (χ1v) is 9.33. The second-order valence-electron chi connectivity index (χ2n) is 7.43. The highest BCUT2D eigenvalue weighted by Gasteiger charge is 2.30. The highest BCUT2D eigenvalue weighted by atomic mass is 16.4. The number of β-amino-alcohol motifs (C(OH)–C–C–N with tert-alkyl or cyclic N) is 1. The Morgan fingerprint density at radius 3 is 2.69 bits per heavy atom. The number of likely N-dealkylation sites (tertiary alicyclic amines) is 1. The average Bonchev–Trinajstić information content (AvgIpc) is 3.31. The lowest BCUT2D eigenvalue weighted by molar-refractivity contribution is -0.110. The summed E-state index contributed by atoms with van der Waals surface area (Å²) in [6, 6.07) is 4.47. The number of anilines is 1. The number of hydrogen-bond donors (Lipinski definition) is 4. The summed E-state index contributed by atoms with van der Waals surface area (Å²) in [6.07, 6.45) is 1.71. The molecule has 3 heterocycles. The van der Waals surface area contributed by atoms with Crippen molar-refractivity contribution in [3.63, 3.8) is 0 Å². The molecular formula is C21H21N3O5. The number of nitrogens with one attached hydrogen (secondary N) is 2. The molecule has 0 spiro atoms. The summed E-state index contributed by atoms with van der Waals surface area (Å²) in [5.41, 5.74) is 4.02. The van der Waals surface area contributed by atoms with E-state index in [9.17, 15) is 24.6 Å². The standard InChI is InChI=1S/C21H21N3O5/c1-10-17(22-11(2)18(10)20(27)24-6-5-13(25)9-24)8-15-14-7-12(21(28)29)3-4-16(14)23-19(15)26/h3-4,7-8,13,22,25H,5-6,9H2,1-2H3,(H,23,26)(H,28,29)/b15-8-/t13-/m1/s1. The molecule has 2 amide bonds. The number of benzene rings is 1. The van der Waals surface area contributed by atoms with E-state index in [4.69, 9.17) is 0 Å². The highest BCUT2D eigenvalue weighted by Crippen LogP contribution is 2.35. The van der Waals surface area contributed by atoms with Gasteiger partial charge in [-0.05, 0) is 50.1 Å². The van der Waals surface area contributed by atoms with Crippen molar-refractivity contribution < 1.29 is 24.6 Å². The van der Waals surface area contributed by atoms with Gasteiger partial charge in [0.05, 0.1) is 22.8 Å². The van der Waals surface area contributed by atoms with Crippen molar-refractivity contribution in [3.05, 3.63) is 51.8 Å².